The highest BCUT2D eigenvalue weighted by Crippen LogP contribution is 2.32. The number of esters is 1. The number of thiazole rings is 1. The van der Waals surface area contributed by atoms with Gasteiger partial charge < -0.3 is 4.74 Å². The molecule has 0 aliphatic carbocycles. The molecule has 2 aromatic carbocycles. The molecule has 0 aliphatic rings. The Hall–Kier alpha value is -3.30. The molecule has 148 valence electrons. The van der Waals surface area contributed by atoms with Crippen molar-refractivity contribution in [1.29, 1.82) is 0 Å². The molecule has 1 heterocycles. The monoisotopic (exact) mass is 431 g/mol. The van der Waals surface area contributed by atoms with Gasteiger partial charge in [0.2, 0.25) is 0 Å². The van der Waals surface area contributed by atoms with E-state index in [9.17, 15) is 19.7 Å². The van der Waals surface area contributed by atoms with Crippen molar-refractivity contribution in [3.05, 3.63) is 74.1 Å². The van der Waals surface area contributed by atoms with Crippen LogP contribution in [0, 0.1) is 10.1 Å². The molecule has 1 amide bonds. The molecule has 0 fully saturated rings. The van der Waals surface area contributed by atoms with Crippen molar-refractivity contribution in [3.63, 3.8) is 0 Å². The second-order valence-corrected chi connectivity index (χ2v) is 7.07. The minimum atomic E-state index is -0.672. The predicted octanol–water partition coefficient (Wildman–Crippen LogP) is 4.80. The number of nitro benzene ring substituents is 1. The van der Waals surface area contributed by atoms with Gasteiger partial charge in [0.1, 0.15) is 9.90 Å². The molecule has 0 saturated heterocycles. The van der Waals surface area contributed by atoms with Gasteiger partial charge in [-0.05, 0) is 19.1 Å². The van der Waals surface area contributed by atoms with Crippen LogP contribution in [0.25, 0.3) is 11.3 Å². The standard InChI is InChI=1S/C19H14ClN3O5S/c1-2-28-18(25)16-15(11-6-4-3-5-7-11)21-19(29-16)22-17(24)12-8-9-13(20)14(10-12)23(26)27/h3-10H,2H2,1H3,(H,21,22,24). The summed E-state index contributed by atoms with van der Waals surface area (Å²) in [6.45, 7) is 1.89. The van der Waals surface area contributed by atoms with Gasteiger partial charge >= 0.3 is 5.97 Å². The second kappa shape index (κ2) is 8.80. The zero-order valence-corrected chi connectivity index (χ0v) is 16.6. The molecule has 1 aromatic heterocycles. The first-order chi connectivity index (χ1) is 13.9. The number of amides is 1. The van der Waals surface area contributed by atoms with Gasteiger partial charge in [0.25, 0.3) is 11.6 Å². The maximum atomic E-state index is 12.5. The molecule has 0 radical (unpaired) electrons. The van der Waals surface area contributed by atoms with Crippen LogP contribution < -0.4 is 5.32 Å². The van der Waals surface area contributed by atoms with E-state index in [-0.39, 0.29) is 32.9 Å². The lowest BCUT2D eigenvalue weighted by Gasteiger charge is -2.02. The van der Waals surface area contributed by atoms with E-state index >= 15 is 0 Å². The van der Waals surface area contributed by atoms with Crippen LogP contribution in [-0.4, -0.2) is 28.4 Å². The molecule has 3 aromatic rings. The number of carbonyl (C=O) groups is 2. The van der Waals surface area contributed by atoms with Crippen LogP contribution in [-0.2, 0) is 4.74 Å². The third-order valence-electron chi connectivity index (χ3n) is 3.76. The number of nitro groups is 1. The van der Waals surface area contributed by atoms with E-state index in [2.05, 4.69) is 10.3 Å². The van der Waals surface area contributed by atoms with Gasteiger partial charge in [-0.2, -0.15) is 0 Å². The topological polar surface area (TPSA) is 111 Å². The van der Waals surface area contributed by atoms with E-state index in [1.807, 2.05) is 6.07 Å². The SMILES string of the molecule is CCOC(=O)c1sc(NC(=O)c2ccc(Cl)c([N+](=O)[O-])c2)nc1-c1ccccc1. The van der Waals surface area contributed by atoms with E-state index in [1.165, 1.54) is 12.1 Å². The molecular formula is C19H14ClN3O5S. The number of anilines is 1. The summed E-state index contributed by atoms with van der Waals surface area (Å²) < 4.78 is 5.08. The van der Waals surface area contributed by atoms with Gasteiger partial charge in [-0.25, -0.2) is 9.78 Å². The van der Waals surface area contributed by atoms with Crippen molar-refractivity contribution >= 4 is 45.6 Å². The van der Waals surface area contributed by atoms with Crippen LogP contribution in [0.4, 0.5) is 10.8 Å². The Labute approximate surface area is 174 Å². The average molecular weight is 432 g/mol. The second-order valence-electron chi connectivity index (χ2n) is 5.66. The van der Waals surface area contributed by atoms with Crippen LogP contribution in [0.15, 0.2) is 48.5 Å². The fourth-order valence-electron chi connectivity index (χ4n) is 2.46. The quantitative estimate of drug-likeness (QED) is 0.341. The van der Waals surface area contributed by atoms with E-state index in [0.29, 0.717) is 11.3 Å². The normalized spacial score (nSPS) is 10.4. The highest BCUT2D eigenvalue weighted by molar-refractivity contribution is 7.18. The molecule has 0 aliphatic heterocycles. The van der Waals surface area contributed by atoms with Crippen LogP contribution in [0.3, 0.4) is 0 Å². The third kappa shape index (κ3) is 4.58. The maximum Gasteiger partial charge on any atom is 0.350 e. The van der Waals surface area contributed by atoms with Gasteiger partial charge in [-0.15, -0.1) is 0 Å². The Balaban J connectivity index is 1.93. The molecule has 0 spiro atoms. The summed E-state index contributed by atoms with van der Waals surface area (Å²) in [5.74, 6) is -1.17. The number of ether oxygens (including phenoxy) is 1. The summed E-state index contributed by atoms with van der Waals surface area (Å²) in [4.78, 5) is 39.8. The molecule has 0 saturated carbocycles. The minimum absolute atomic E-state index is 0.0373. The molecule has 0 unspecified atom stereocenters. The highest BCUT2D eigenvalue weighted by atomic mass is 35.5. The van der Waals surface area contributed by atoms with E-state index in [4.69, 9.17) is 16.3 Å². The minimum Gasteiger partial charge on any atom is -0.462 e. The fraction of sp³-hybridized carbons (Fsp3) is 0.105. The molecule has 29 heavy (non-hydrogen) atoms. The molecular weight excluding hydrogens is 418 g/mol. The number of hydrogen-bond acceptors (Lipinski definition) is 7. The lowest BCUT2D eigenvalue weighted by Crippen LogP contribution is -2.12. The number of halogens is 1. The molecule has 8 nitrogen and oxygen atoms in total. The zero-order valence-electron chi connectivity index (χ0n) is 15.0. The first-order valence-electron chi connectivity index (χ1n) is 8.39. The Morgan fingerprint density at radius 2 is 1.97 bits per heavy atom. The van der Waals surface area contributed by atoms with Gasteiger partial charge in [-0.3, -0.25) is 20.2 Å². The number of benzene rings is 2. The Morgan fingerprint density at radius 1 is 1.24 bits per heavy atom. The summed E-state index contributed by atoms with van der Waals surface area (Å²) in [5.41, 5.74) is 0.728. The number of carbonyl (C=O) groups excluding carboxylic acids is 2. The first-order valence-corrected chi connectivity index (χ1v) is 9.58. The van der Waals surface area contributed by atoms with Gasteiger partial charge in [0.05, 0.1) is 17.2 Å². The van der Waals surface area contributed by atoms with Crippen molar-refractivity contribution in [1.82, 2.24) is 4.98 Å². The number of aromatic nitrogens is 1. The summed E-state index contributed by atoms with van der Waals surface area (Å²) >= 11 is 6.74. The van der Waals surface area contributed by atoms with Crippen LogP contribution in [0.1, 0.15) is 27.0 Å². The van der Waals surface area contributed by atoms with Gasteiger partial charge in [-0.1, -0.05) is 53.3 Å². The largest absolute Gasteiger partial charge is 0.462 e. The average Bonchev–Trinajstić information content (AvgIpc) is 3.13. The lowest BCUT2D eigenvalue weighted by molar-refractivity contribution is -0.384. The summed E-state index contributed by atoms with van der Waals surface area (Å²) in [5, 5.41) is 13.7. The van der Waals surface area contributed by atoms with E-state index in [0.717, 1.165) is 17.4 Å². The van der Waals surface area contributed by atoms with E-state index < -0.39 is 16.8 Å². The van der Waals surface area contributed by atoms with Crippen molar-refractivity contribution < 1.29 is 19.2 Å². The molecule has 10 heteroatoms. The number of hydrogen-bond donors (Lipinski definition) is 1. The molecule has 3 rings (SSSR count). The zero-order chi connectivity index (χ0) is 21.0. The molecule has 0 bridgehead atoms. The molecule has 1 N–H and O–H groups in total. The van der Waals surface area contributed by atoms with Crippen LogP contribution in [0.2, 0.25) is 5.02 Å². The first kappa shape index (κ1) is 20.4. The number of nitrogens with zero attached hydrogens (tertiary/aromatic N) is 2. The van der Waals surface area contributed by atoms with Crippen molar-refractivity contribution in [2.24, 2.45) is 0 Å². The smallest absolute Gasteiger partial charge is 0.350 e. The predicted molar refractivity (Wildman–Crippen MR) is 110 cm³/mol. The lowest BCUT2D eigenvalue weighted by atomic mass is 10.1. The number of rotatable bonds is 6. The number of nitrogens with one attached hydrogen (secondary N) is 1. The van der Waals surface area contributed by atoms with Crippen LogP contribution in [0.5, 0.6) is 0 Å². The fourth-order valence-corrected chi connectivity index (χ4v) is 3.53. The van der Waals surface area contributed by atoms with E-state index in [1.54, 1.807) is 31.2 Å². The van der Waals surface area contributed by atoms with Crippen molar-refractivity contribution in [3.8, 4) is 11.3 Å². The Morgan fingerprint density at radius 3 is 2.62 bits per heavy atom. The Kier molecular flexibility index (Phi) is 6.20. The summed E-state index contributed by atoms with van der Waals surface area (Å²) in [6, 6.07) is 12.7. The van der Waals surface area contributed by atoms with Crippen molar-refractivity contribution in [2.45, 2.75) is 6.92 Å². The van der Waals surface area contributed by atoms with Crippen LogP contribution >= 0.6 is 22.9 Å². The van der Waals surface area contributed by atoms with Crippen molar-refractivity contribution in [2.75, 3.05) is 11.9 Å². The summed E-state index contributed by atoms with van der Waals surface area (Å²) in [7, 11) is 0. The Bertz CT molecular complexity index is 1080. The highest BCUT2D eigenvalue weighted by Gasteiger charge is 2.22. The maximum absolute atomic E-state index is 12.5. The van der Waals surface area contributed by atoms with Gasteiger partial charge in [0, 0.05) is 17.2 Å². The molecule has 0 atom stereocenters. The summed E-state index contributed by atoms with van der Waals surface area (Å²) in [6.07, 6.45) is 0. The van der Waals surface area contributed by atoms with Gasteiger partial charge in [0.15, 0.2) is 5.13 Å². The third-order valence-corrected chi connectivity index (χ3v) is 5.03.